The topological polar surface area (TPSA) is 70.2 Å². The van der Waals surface area contributed by atoms with Crippen molar-refractivity contribution in [3.8, 4) is 5.75 Å². The molecule has 32 heavy (non-hydrogen) atoms. The molecule has 3 amide bonds. The fourth-order valence-electron chi connectivity index (χ4n) is 4.43. The van der Waals surface area contributed by atoms with Crippen molar-refractivity contribution >= 4 is 17.7 Å². The van der Waals surface area contributed by atoms with E-state index in [-0.39, 0.29) is 30.1 Å². The van der Waals surface area contributed by atoms with Crippen LogP contribution in [0.25, 0.3) is 0 Å². The number of benzene rings is 2. The Balaban J connectivity index is 1.34. The Morgan fingerprint density at radius 1 is 0.969 bits per heavy atom. The highest BCUT2D eigenvalue weighted by molar-refractivity contribution is 5.94. The molecule has 1 unspecified atom stereocenters. The van der Waals surface area contributed by atoms with E-state index in [2.05, 4.69) is 0 Å². The van der Waals surface area contributed by atoms with Gasteiger partial charge in [-0.3, -0.25) is 14.4 Å². The Morgan fingerprint density at radius 3 is 2.50 bits per heavy atom. The Labute approximate surface area is 188 Å². The van der Waals surface area contributed by atoms with Crippen LogP contribution in [0.4, 0.5) is 0 Å². The average molecular weight is 436 g/mol. The molecule has 1 atom stereocenters. The lowest BCUT2D eigenvalue weighted by Gasteiger charge is -2.25. The van der Waals surface area contributed by atoms with Gasteiger partial charge in [0.25, 0.3) is 5.91 Å². The zero-order chi connectivity index (χ0) is 22.5. The molecule has 2 heterocycles. The van der Waals surface area contributed by atoms with Crippen LogP contribution in [0.5, 0.6) is 5.75 Å². The first-order chi connectivity index (χ1) is 15.5. The van der Waals surface area contributed by atoms with Crippen LogP contribution in [0, 0.1) is 5.92 Å². The maximum Gasteiger partial charge on any atom is 0.254 e. The van der Waals surface area contributed by atoms with Gasteiger partial charge < -0.3 is 19.4 Å². The minimum Gasteiger partial charge on any atom is -0.497 e. The standard InChI is InChI=1S/C25H29N3O4/c1-32-22-10-5-9-20(15-22)24(30)26-11-6-12-27(14-13-26)25(31)21-16-23(29)28(18-21)17-19-7-3-2-4-8-19/h2-5,7-10,15,21H,6,11-14,16-18H2,1H3. The molecule has 0 saturated carbocycles. The number of carbonyl (C=O) groups is 3. The fraction of sp³-hybridized carbons (Fsp3) is 0.400. The summed E-state index contributed by atoms with van der Waals surface area (Å²) in [5.74, 6) is 0.324. The number of nitrogens with zero attached hydrogens (tertiary/aromatic N) is 3. The van der Waals surface area contributed by atoms with E-state index in [9.17, 15) is 14.4 Å². The monoisotopic (exact) mass is 435 g/mol. The Kier molecular flexibility index (Phi) is 6.73. The molecule has 0 aromatic heterocycles. The molecular weight excluding hydrogens is 406 g/mol. The lowest BCUT2D eigenvalue weighted by atomic mass is 10.1. The van der Waals surface area contributed by atoms with Crippen LogP contribution in [-0.2, 0) is 16.1 Å². The number of hydrogen-bond acceptors (Lipinski definition) is 4. The van der Waals surface area contributed by atoms with Crippen molar-refractivity contribution < 1.29 is 19.1 Å². The van der Waals surface area contributed by atoms with Crippen molar-refractivity contribution in [2.45, 2.75) is 19.4 Å². The maximum absolute atomic E-state index is 13.2. The first-order valence-corrected chi connectivity index (χ1v) is 11.1. The van der Waals surface area contributed by atoms with Crippen LogP contribution in [0.3, 0.4) is 0 Å². The molecule has 2 aliphatic rings. The van der Waals surface area contributed by atoms with Crippen LogP contribution in [0.2, 0.25) is 0 Å². The van der Waals surface area contributed by atoms with Crippen LogP contribution in [0.15, 0.2) is 54.6 Å². The summed E-state index contributed by atoms with van der Waals surface area (Å²) in [4.78, 5) is 44.0. The second-order valence-electron chi connectivity index (χ2n) is 8.36. The minimum absolute atomic E-state index is 0.0181. The highest BCUT2D eigenvalue weighted by Crippen LogP contribution is 2.23. The molecule has 0 aliphatic carbocycles. The highest BCUT2D eigenvalue weighted by atomic mass is 16.5. The summed E-state index contributed by atoms with van der Waals surface area (Å²) >= 11 is 0. The molecule has 2 aromatic rings. The number of rotatable bonds is 5. The van der Waals surface area contributed by atoms with E-state index in [0.717, 1.165) is 12.0 Å². The van der Waals surface area contributed by atoms with Gasteiger partial charge in [0.1, 0.15) is 5.75 Å². The predicted molar refractivity (Wildman–Crippen MR) is 120 cm³/mol. The van der Waals surface area contributed by atoms with Crippen LogP contribution < -0.4 is 4.74 Å². The highest BCUT2D eigenvalue weighted by Gasteiger charge is 2.37. The number of ether oxygens (including phenoxy) is 1. The molecule has 0 N–H and O–H groups in total. The summed E-state index contributed by atoms with van der Waals surface area (Å²) < 4.78 is 5.22. The third kappa shape index (κ3) is 4.93. The van der Waals surface area contributed by atoms with E-state index in [1.807, 2.05) is 41.3 Å². The van der Waals surface area contributed by atoms with Gasteiger partial charge in [-0.15, -0.1) is 0 Å². The summed E-state index contributed by atoms with van der Waals surface area (Å²) in [6.45, 7) is 3.16. The molecule has 2 saturated heterocycles. The van der Waals surface area contributed by atoms with E-state index in [1.54, 1.807) is 35.1 Å². The second-order valence-corrected chi connectivity index (χ2v) is 8.36. The zero-order valence-electron chi connectivity index (χ0n) is 18.4. The molecule has 168 valence electrons. The molecule has 7 nitrogen and oxygen atoms in total. The minimum atomic E-state index is -0.313. The van der Waals surface area contributed by atoms with Crippen molar-refractivity contribution in [3.05, 3.63) is 65.7 Å². The molecule has 4 rings (SSSR count). The van der Waals surface area contributed by atoms with E-state index in [0.29, 0.717) is 50.6 Å². The number of carbonyl (C=O) groups excluding carboxylic acids is 3. The molecule has 2 fully saturated rings. The molecule has 2 aromatic carbocycles. The maximum atomic E-state index is 13.2. The molecule has 0 bridgehead atoms. The van der Waals surface area contributed by atoms with Crippen molar-refractivity contribution in [2.75, 3.05) is 39.8 Å². The summed E-state index contributed by atoms with van der Waals surface area (Å²) in [6.07, 6.45) is 0.977. The molecular formula is C25H29N3O4. The first kappa shape index (κ1) is 21.9. The molecule has 0 spiro atoms. The number of amides is 3. The summed E-state index contributed by atoms with van der Waals surface area (Å²) in [5.41, 5.74) is 1.65. The van der Waals surface area contributed by atoms with Crippen LogP contribution in [-0.4, -0.2) is 72.3 Å². The third-order valence-electron chi connectivity index (χ3n) is 6.19. The van der Waals surface area contributed by atoms with Gasteiger partial charge in [-0.25, -0.2) is 0 Å². The molecule has 7 heteroatoms. The van der Waals surface area contributed by atoms with Crippen molar-refractivity contribution in [1.82, 2.24) is 14.7 Å². The number of methoxy groups -OCH3 is 1. The van der Waals surface area contributed by atoms with Crippen molar-refractivity contribution in [1.29, 1.82) is 0 Å². The van der Waals surface area contributed by atoms with Crippen LogP contribution in [0.1, 0.15) is 28.8 Å². The van der Waals surface area contributed by atoms with Gasteiger partial charge in [-0.05, 0) is 30.2 Å². The van der Waals surface area contributed by atoms with Gasteiger partial charge in [0.15, 0.2) is 0 Å². The normalized spacial score (nSPS) is 19.1. The Bertz CT molecular complexity index is 978. The van der Waals surface area contributed by atoms with Gasteiger partial charge in [0, 0.05) is 51.3 Å². The average Bonchev–Trinajstić information content (AvgIpc) is 3.03. The zero-order valence-corrected chi connectivity index (χ0v) is 18.4. The van der Waals surface area contributed by atoms with E-state index in [1.165, 1.54) is 0 Å². The fourth-order valence-corrected chi connectivity index (χ4v) is 4.43. The van der Waals surface area contributed by atoms with Gasteiger partial charge in [-0.1, -0.05) is 36.4 Å². The summed E-state index contributed by atoms with van der Waals surface area (Å²) in [5, 5.41) is 0. The summed E-state index contributed by atoms with van der Waals surface area (Å²) in [7, 11) is 1.58. The second kappa shape index (κ2) is 9.85. The van der Waals surface area contributed by atoms with Crippen molar-refractivity contribution in [3.63, 3.8) is 0 Å². The number of hydrogen-bond donors (Lipinski definition) is 0. The lowest BCUT2D eigenvalue weighted by molar-refractivity contribution is -0.135. The van der Waals surface area contributed by atoms with Gasteiger partial charge in [-0.2, -0.15) is 0 Å². The van der Waals surface area contributed by atoms with Crippen molar-refractivity contribution in [2.24, 2.45) is 5.92 Å². The largest absolute Gasteiger partial charge is 0.497 e. The van der Waals surface area contributed by atoms with Crippen LogP contribution >= 0.6 is 0 Å². The first-order valence-electron chi connectivity index (χ1n) is 11.1. The van der Waals surface area contributed by atoms with Gasteiger partial charge >= 0.3 is 0 Å². The SMILES string of the molecule is COc1cccc(C(=O)N2CCCN(C(=O)C3CC(=O)N(Cc4ccccc4)C3)CC2)c1. The lowest BCUT2D eigenvalue weighted by Crippen LogP contribution is -2.40. The van der Waals surface area contributed by atoms with E-state index in [4.69, 9.17) is 4.74 Å². The van der Waals surface area contributed by atoms with Gasteiger partial charge in [0.2, 0.25) is 11.8 Å². The van der Waals surface area contributed by atoms with E-state index < -0.39 is 0 Å². The summed E-state index contributed by atoms with van der Waals surface area (Å²) in [6, 6.07) is 17.0. The van der Waals surface area contributed by atoms with Gasteiger partial charge in [0.05, 0.1) is 13.0 Å². The Hall–Kier alpha value is -3.35. The third-order valence-corrected chi connectivity index (χ3v) is 6.19. The molecule has 2 aliphatic heterocycles. The smallest absolute Gasteiger partial charge is 0.254 e. The van der Waals surface area contributed by atoms with E-state index >= 15 is 0 Å². The molecule has 0 radical (unpaired) electrons. The number of likely N-dealkylation sites (tertiary alicyclic amines) is 1. The Morgan fingerprint density at radius 2 is 1.72 bits per heavy atom. The quantitative estimate of drug-likeness (QED) is 0.723. The predicted octanol–water partition coefficient (Wildman–Crippen LogP) is 2.42.